The third kappa shape index (κ3) is 3.73. The molecule has 0 unspecified atom stereocenters. The molecule has 1 amide bonds. The highest BCUT2D eigenvalue weighted by atomic mass is 16.5. The lowest BCUT2D eigenvalue weighted by molar-refractivity contribution is 0.0460. The maximum absolute atomic E-state index is 12.9. The van der Waals surface area contributed by atoms with Crippen molar-refractivity contribution in [3.05, 3.63) is 36.2 Å². The topological polar surface area (TPSA) is 87.8 Å². The highest BCUT2D eigenvalue weighted by Crippen LogP contribution is 2.29. The van der Waals surface area contributed by atoms with E-state index in [1.165, 1.54) is 0 Å². The molecule has 2 aliphatic rings. The summed E-state index contributed by atoms with van der Waals surface area (Å²) >= 11 is 0. The molecule has 26 heavy (non-hydrogen) atoms. The Hall–Kier alpha value is -2.38. The van der Waals surface area contributed by atoms with Crippen LogP contribution in [0.5, 0.6) is 5.88 Å². The zero-order valence-electron chi connectivity index (χ0n) is 14.6. The van der Waals surface area contributed by atoms with E-state index in [9.17, 15) is 9.90 Å². The fraction of sp³-hybridized carbons (Fsp3) is 0.474. The average Bonchev–Trinajstić information content (AvgIpc) is 3.15. The first kappa shape index (κ1) is 17.1. The van der Waals surface area contributed by atoms with Crippen LogP contribution in [-0.4, -0.2) is 46.3 Å². The SMILES string of the molecule is O=C(NN1CCC(O)CC1)c1cc(-c2ccco2)cnc1OC1CCC1. The third-order valence-corrected chi connectivity index (χ3v) is 4.96. The summed E-state index contributed by atoms with van der Waals surface area (Å²) < 4.78 is 11.3. The van der Waals surface area contributed by atoms with Gasteiger partial charge in [0.25, 0.3) is 5.91 Å². The van der Waals surface area contributed by atoms with Gasteiger partial charge in [-0.2, -0.15) is 0 Å². The lowest BCUT2D eigenvalue weighted by Gasteiger charge is -2.30. The maximum atomic E-state index is 12.9. The van der Waals surface area contributed by atoms with Crippen LogP contribution in [0.1, 0.15) is 42.5 Å². The first-order valence-corrected chi connectivity index (χ1v) is 9.13. The molecular weight excluding hydrogens is 334 g/mol. The molecule has 138 valence electrons. The van der Waals surface area contributed by atoms with Crippen molar-refractivity contribution in [2.75, 3.05) is 13.1 Å². The molecule has 0 radical (unpaired) electrons. The Kier molecular flexibility index (Phi) is 4.90. The van der Waals surface area contributed by atoms with Gasteiger partial charge < -0.3 is 14.3 Å². The number of aromatic nitrogens is 1. The molecule has 3 heterocycles. The highest BCUT2D eigenvalue weighted by Gasteiger charge is 2.25. The Morgan fingerprint density at radius 1 is 1.31 bits per heavy atom. The van der Waals surface area contributed by atoms with Gasteiger partial charge in [0, 0.05) is 24.8 Å². The lowest BCUT2D eigenvalue weighted by Crippen LogP contribution is -2.47. The molecule has 1 aliphatic carbocycles. The molecule has 4 rings (SSSR count). The number of pyridine rings is 1. The van der Waals surface area contributed by atoms with E-state index in [-0.39, 0.29) is 18.1 Å². The van der Waals surface area contributed by atoms with Crippen molar-refractivity contribution >= 4 is 5.91 Å². The number of carbonyl (C=O) groups excluding carboxylic acids is 1. The molecule has 2 fully saturated rings. The second-order valence-electron chi connectivity index (χ2n) is 6.88. The van der Waals surface area contributed by atoms with Gasteiger partial charge in [0.15, 0.2) is 0 Å². The van der Waals surface area contributed by atoms with Crippen LogP contribution in [0.15, 0.2) is 35.1 Å². The quantitative estimate of drug-likeness (QED) is 0.854. The largest absolute Gasteiger partial charge is 0.474 e. The number of rotatable bonds is 5. The van der Waals surface area contributed by atoms with Crippen LogP contribution in [0, 0.1) is 0 Å². The Bertz CT molecular complexity index is 750. The fourth-order valence-electron chi connectivity index (χ4n) is 3.11. The summed E-state index contributed by atoms with van der Waals surface area (Å²) in [5.74, 6) is 0.763. The minimum Gasteiger partial charge on any atom is -0.474 e. The molecule has 7 heteroatoms. The zero-order valence-corrected chi connectivity index (χ0v) is 14.6. The number of furan rings is 1. The molecule has 0 bridgehead atoms. The van der Waals surface area contributed by atoms with Crippen LogP contribution in [0.2, 0.25) is 0 Å². The van der Waals surface area contributed by atoms with E-state index < -0.39 is 0 Å². The van der Waals surface area contributed by atoms with Gasteiger partial charge in [-0.1, -0.05) is 0 Å². The van der Waals surface area contributed by atoms with Crippen LogP contribution in [-0.2, 0) is 0 Å². The minimum atomic E-state index is -0.287. The second-order valence-corrected chi connectivity index (χ2v) is 6.88. The molecule has 0 atom stereocenters. The number of ether oxygens (including phenoxy) is 1. The predicted molar refractivity (Wildman–Crippen MR) is 94.5 cm³/mol. The van der Waals surface area contributed by atoms with E-state index in [1.54, 1.807) is 24.6 Å². The van der Waals surface area contributed by atoms with E-state index >= 15 is 0 Å². The van der Waals surface area contributed by atoms with Crippen molar-refractivity contribution in [2.45, 2.75) is 44.3 Å². The van der Waals surface area contributed by atoms with Gasteiger partial charge in [-0.25, -0.2) is 9.99 Å². The number of nitrogens with one attached hydrogen (secondary N) is 1. The Morgan fingerprint density at radius 2 is 2.12 bits per heavy atom. The van der Waals surface area contributed by atoms with Gasteiger partial charge in [0.1, 0.15) is 17.4 Å². The molecule has 2 aromatic rings. The number of carbonyl (C=O) groups is 1. The van der Waals surface area contributed by atoms with Gasteiger partial charge in [0.05, 0.1) is 12.4 Å². The summed E-state index contributed by atoms with van der Waals surface area (Å²) in [6.45, 7) is 1.24. The van der Waals surface area contributed by atoms with E-state index in [0.29, 0.717) is 43.1 Å². The van der Waals surface area contributed by atoms with Gasteiger partial charge in [-0.05, 0) is 50.3 Å². The summed E-state index contributed by atoms with van der Waals surface area (Å²) in [6, 6.07) is 5.39. The number of nitrogens with zero attached hydrogens (tertiary/aromatic N) is 2. The van der Waals surface area contributed by atoms with Crippen molar-refractivity contribution in [1.82, 2.24) is 15.4 Å². The van der Waals surface area contributed by atoms with Crippen LogP contribution in [0.4, 0.5) is 0 Å². The highest BCUT2D eigenvalue weighted by molar-refractivity contribution is 5.97. The molecule has 0 spiro atoms. The van der Waals surface area contributed by atoms with Crippen molar-refractivity contribution in [3.8, 4) is 17.2 Å². The average molecular weight is 357 g/mol. The number of piperidine rings is 1. The standard InChI is InChI=1S/C19H23N3O4/c23-14-6-8-22(9-7-14)21-18(24)16-11-13(17-5-2-10-25-17)12-20-19(16)26-15-3-1-4-15/h2,5,10-12,14-15,23H,1,3-4,6-9H2,(H,21,24). The number of hydrazine groups is 1. The summed E-state index contributed by atoms with van der Waals surface area (Å²) in [7, 11) is 0. The first-order chi connectivity index (χ1) is 12.7. The Balaban J connectivity index is 1.55. The molecule has 2 aromatic heterocycles. The second kappa shape index (κ2) is 7.47. The Labute approximate surface area is 151 Å². The maximum Gasteiger partial charge on any atom is 0.271 e. The fourth-order valence-corrected chi connectivity index (χ4v) is 3.11. The summed E-state index contributed by atoms with van der Waals surface area (Å²) in [4.78, 5) is 17.2. The van der Waals surface area contributed by atoms with Crippen LogP contribution < -0.4 is 10.2 Å². The number of amides is 1. The van der Waals surface area contributed by atoms with Crippen LogP contribution in [0.25, 0.3) is 11.3 Å². The molecule has 1 saturated heterocycles. The lowest BCUT2D eigenvalue weighted by atomic mass is 9.96. The number of aliphatic hydroxyl groups is 1. The molecule has 2 N–H and O–H groups in total. The number of hydrogen-bond donors (Lipinski definition) is 2. The van der Waals surface area contributed by atoms with Gasteiger partial charge in [-0.15, -0.1) is 0 Å². The summed E-state index contributed by atoms with van der Waals surface area (Å²) in [5.41, 5.74) is 4.04. The van der Waals surface area contributed by atoms with Crippen molar-refractivity contribution < 1.29 is 19.1 Å². The number of hydrogen-bond acceptors (Lipinski definition) is 6. The normalized spacial score (nSPS) is 19.1. The molecular formula is C19H23N3O4. The van der Waals surface area contributed by atoms with Gasteiger partial charge in [-0.3, -0.25) is 10.2 Å². The van der Waals surface area contributed by atoms with Crippen LogP contribution >= 0.6 is 0 Å². The van der Waals surface area contributed by atoms with Crippen molar-refractivity contribution in [2.24, 2.45) is 0 Å². The first-order valence-electron chi connectivity index (χ1n) is 9.13. The summed E-state index contributed by atoms with van der Waals surface area (Å²) in [5, 5.41) is 11.5. The van der Waals surface area contributed by atoms with E-state index in [1.807, 2.05) is 11.1 Å². The molecule has 1 aliphatic heterocycles. The Morgan fingerprint density at radius 3 is 2.77 bits per heavy atom. The van der Waals surface area contributed by atoms with E-state index in [2.05, 4.69) is 10.4 Å². The third-order valence-electron chi connectivity index (χ3n) is 4.96. The molecule has 7 nitrogen and oxygen atoms in total. The monoisotopic (exact) mass is 357 g/mol. The van der Waals surface area contributed by atoms with Crippen molar-refractivity contribution in [1.29, 1.82) is 0 Å². The van der Waals surface area contributed by atoms with E-state index in [0.717, 1.165) is 24.8 Å². The molecule has 1 saturated carbocycles. The predicted octanol–water partition coefficient (Wildman–Crippen LogP) is 2.37. The van der Waals surface area contributed by atoms with Gasteiger partial charge >= 0.3 is 0 Å². The summed E-state index contributed by atoms with van der Waals surface area (Å²) in [6.07, 6.45) is 7.53. The zero-order chi connectivity index (χ0) is 17.9. The number of aliphatic hydroxyl groups excluding tert-OH is 1. The minimum absolute atomic E-state index is 0.133. The smallest absolute Gasteiger partial charge is 0.271 e. The van der Waals surface area contributed by atoms with Crippen LogP contribution in [0.3, 0.4) is 0 Å². The molecule has 0 aromatic carbocycles. The van der Waals surface area contributed by atoms with E-state index in [4.69, 9.17) is 9.15 Å². The van der Waals surface area contributed by atoms with Gasteiger partial charge in [0.2, 0.25) is 5.88 Å². The van der Waals surface area contributed by atoms with Crippen molar-refractivity contribution in [3.63, 3.8) is 0 Å².